The summed E-state index contributed by atoms with van der Waals surface area (Å²) < 4.78 is 38.4. The van der Waals surface area contributed by atoms with E-state index in [0.29, 0.717) is 17.4 Å². The molecule has 0 amide bonds. The molecule has 0 radical (unpaired) electrons. The first-order chi connectivity index (χ1) is 16.0. The number of ether oxygens (including phenoxy) is 2. The first-order valence-corrected chi connectivity index (χ1v) is 11.7. The molecule has 2 aromatic carbocycles. The Bertz CT molecular complexity index is 991. The summed E-state index contributed by atoms with van der Waals surface area (Å²) in [6, 6.07) is 9.29. The van der Waals surface area contributed by atoms with E-state index in [0.717, 1.165) is 30.4 Å². The van der Waals surface area contributed by atoms with Crippen molar-refractivity contribution in [3.8, 4) is 11.5 Å². The molecule has 0 saturated heterocycles. The summed E-state index contributed by atoms with van der Waals surface area (Å²) in [5, 5.41) is 0. The molecule has 5 heteroatoms. The van der Waals surface area contributed by atoms with Crippen LogP contribution in [0.3, 0.4) is 0 Å². The van der Waals surface area contributed by atoms with Gasteiger partial charge in [-0.25, -0.2) is 13.6 Å². The summed E-state index contributed by atoms with van der Waals surface area (Å²) in [7, 11) is 0. The van der Waals surface area contributed by atoms with Gasteiger partial charge in [-0.05, 0) is 79.9 Å². The Morgan fingerprint density at radius 1 is 0.970 bits per heavy atom. The Balaban J connectivity index is 1.38. The van der Waals surface area contributed by atoms with Crippen LogP contribution < -0.4 is 9.47 Å². The number of hydrogen-bond acceptors (Lipinski definition) is 3. The number of allylic oxidation sites excluding steroid dienone is 1. The second kappa shape index (κ2) is 10.3. The Hall–Kier alpha value is -2.95. The smallest absolute Gasteiger partial charge is 0.343 e. The van der Waals surface area contributed by atoms with E-state index in [1.165, 1.54) is 43.7 Å². The van der Waals surface area contributed by atoms with Crippen molar-refractivity contribution in [3.63, 3.8) is 0 Å². The van der Waals surface area contributed by atoms with E-state index in [9.17, 15) is 13.6 Å². The van der Waals surface area contributed by atoms with Crippen molar-refractivity contribution < 1.29 is 23.0 Å². The van der Waals surface area contributed by atoms with Gasteiger partial charge in [0, 0.05) is 12.1 Å². The van der Waals surface area contributed by atoms with Gasteiger partial charge in [-0.1, -0.05) is 30.9 Å². The van der Waals surface area contributed by atoms with Gasteiger partial charge in [0.05, 0.1) is 5.56 Å². The number of halogens is 2. The van der Waals surface area contributed by atoms with Crippen LogP contribution in [0.2, 0.25) is 0 Å². The summed E-state index contributed by atoms with van der Waals surface area (Å²) in [5.74, 6) is -0.513. The molecule has 4 atom stereocenters. The molecule has 0 aliphatic heterocycles. The normalized spacial score (nSPS) is 24.4. The van der Waals surface area contributed by atoms with Crippen molar-refractivity contribution in [3.05, 3.63) is 84.5 Å². The van der Waals surface area contributed by atoms with Gasteiger partial charge in [0.2, 0.25) is 0 Å². The standard InChI is InChI=1S/C28H30F2O3/c1-3-13-32-27-25(29)16-24(17-26(27)30)33-28(31)20-9-7-19(8-10-20)22-12-11-21-14-18(4-2)5-6-23(21)15-22/h3-4,7-10,16-18,21-23H,1-2,5-6,11-15H2. The van der Waals surface area contributed by atoms with Gasteiger partial charge in [0.25, 0.3) is 0 Å². The molecule has 4 rings (SSSR count). The molecule has 3 nitrogen and oxygen atoms in total. The van der Waals surface area contributed by atoms with Crippen molar-refractivity contribution in [1.82, 2.24) is 0 Å². The van der Waals surface area contributed by atoms with Crippen LogP contribution in [0.15, 0.2) is 61.7 Å². The van der Waals surface area contributed by atoms with Crippen LogP contribution in [-0.4, -0.2) is 12.6 Å². The third-order valence-corrected chi connectivity index (χ3v) is 7.13. The molecule has 0 aromatic heterocycles. The van der Waals surface area contributed by atoms with E-state index < -0.39 is 23.4 Å². The number of benzene rings is 2. The van der Waals surface area contributed by atoms with Crippen molar-refractivity contribution in [2.75, 3.05) is 6.61 Å². The van der Waals surface area contributed by atoms with E-state index in [4.69, 9.17) is 9.47 Å². The minimum atomic E-state index is -0.937. The van der Waals surface area contributed by atoms with Crippen molar-refractivity contribution in [2.45, 2.75) is 44.4 Å². The van der Waals surface area contributed by atoms with Crippen LogP contribution in [0.25, 0.3) is 0 Å². The zero-order valence-corrected chi connectivity index (χ0v) is 18.8. The zero-order valence-electron chi connectivity index (χ0n) is 18.8. The fourth-order valence-electron chi connectivity index (χ4n) is 5.38. The van der Waals surface area contributed by atoms with E-state index in [1.54, 1.807) is 12.1 Å². The molecule has 2 aromatic rings. The molecular weight excluding hydrogens is 422 g/mol. The summed E-state index contributed by atoms with van der Waals surface area (Å²) in [5.41, 5.74) is 1.57. The largest absolute Gasteiger partial charge is 0.483 e. The Morgan fingerprint density at radius 3 is 2.30 bits per heavy atom. The topological polar surface area (TPSA) is 35.5 Å². The van der Waals surface area contributed by atoms with Crippen LogP contribution in [0.1, 0.15) is 60.4 Å². The minimum absolute atomic E-state index is 0.0307. The first-order valence-electron chi connectivity index (χ1n) is 11.7. The number of carbonyl (C=O) groups excluding carboxylic acids is 1. The molecule has 33 heavy (non-hydrogen) atoms. The summed E-state index contributed by atoms with van der Waals surface area (Å²) in [4.78, 5) is 12.5. The molecule has 2 aliphatic carbocycles. The fourth-order valence-corrected chi connectivity index (χ4v) is 5.38. The van der Waals surface area contributed by atoms with Gasteiger partial charge in [0.1, 0.15) is 12.4 Å². The molecule has 4 unspecified atom stereocenters. The van der Waals surface area contributed by atoms with Crippen LogP contribution in [0.4, 0.5) is 8.78 Å². The van der Waals surface area contributed by atoms with Crippen LogP contribution in [-0.2, 0) is 0 Å². The molecule has 0 spiro atoms. The quantitative estimate of drug-likeness (QED) is 0.252. The van der Waals surface area contributed by atoms with E-state index >= 15 is 0 Å². The average Bonchev–Trinajstić information content (AvgIpc) is 2.83. The van der Waals surface area contributed by atoms with E-state index in [-0.39, 0.29) is 12.4 Å². The highest BCUT2D eigenvalue weighted by atomic mass is 19.1. The lowest BCUT2D eigenvalue weighted by Crippen LogP contribution is -2.29. The molecule has 2 fully saturated rings. The van der Waals surface area contributed by atoms with Gasteiger partial charge in [-0.3, -0.25) is 0 Å². The van der Waals surface area contributed by atoms with Crippen molar-refractivity contribution in [2.24, 2.45) is 17.8 Å². The maximum absolute atomic E-state index is 14.1. The highest BCUT2D eigenvalue weighted by Gasteiger charge is 2.35. The maximum Gasteiger partial charge on any atom is 0.343 e. The summed E-state index contributed by atoms with van der Waals surface area (Å²) in [6.07, 6.45) is 10.9. The second-order valence-corrected chi connectivity index (χ2v) is 9.17. The lowest BCUT2D eigenvalue weighted by molar-refractivity contribution is 0.0733. The lowest BCUT2D eigenvalue weighted by Gasteiger charge is -2.41. The Labute approximate surface area is 194 Å². The lowest BCUT2D eigenvalue weighted by atomic mass is 9.64. The monoisotopic (exact) mass is 452 g/mol. The van der Waals surface area contributed by atoms with Crippen LogP contribution in [0.5, 0.6) is 11.5 Å². The van der Waals surface area contributed by atoms with Gasteiger partial charge >= 0.3 is 5.97 Å². The van der Waals surface area contributed by atoms with Gasteiger partial charge in [-0.15, -0.1) is 6.58 Å². The SMILES string of the molecule is C=CCOc1c(F)cc(OC(=O)c2ccc(C3CCC4CC(C=C)CCC4C3)cc2)cc1F. The molecule has 0 N–H and O–H groups in total. The van der Waals surface area contributed by atoms with Crippen LogP contribution in [0, 0.1) is 29.4 Å². The van der Waals surface area contributed by atoms with Crippen molar-refractivity contribution >= 4 is 5.97 Å². The summed E-state index contributed by atoms with van der Waals surface area (Å²) >= 11 is 0. The minimum Gasteiger partial charge on any atom is -0.483 e. The van der Waals surface area contributed by atoms with Crippen molar-refractivity contribution in [1.29, 1.82) is 0 Å². The molecule has 174 valence electrons. The first kappa shape index (κ1) is 23.2. The molecular formula is C28H30F2O3. The fraction of sp³-hybridized carbons (Fsp3) is 0.393. The maximum atomic E-state index is 14.1. The van der Waals surface area contributed by atoms with Gasteiger partial charge < -0.3 is 9.47 Å². The number of esters is 1. The molecule has 2 aliphatic rings. The van der Waals surface area contributed by atoms with Gasteiger partial charge in [0.15, 0.2) is 17.4 Å². The van der Waals surface area contributed by atoms with Crippen LogP contribution >= 0.6 is 0 Å². The highest BCUT2D eigenvalue weighted by Crippen LogP contribution is 2.47. The van der Waals surface area contributed by atoms with Gasteiger partial charge in [-0.2, -0.15) is 0 Å². The predicted molar refractivity (Wildman–Crippen MR) is 125 cm³/mol. The third kappa shape index (κ3) is 5.35. The number of hydrogen-bond donors (Lipinski definition) is 0. The number of carbonyl (C=O) groups is 1. The number of rotatable bonds is 7. The highest BCUT2D eigenvalue weighted by molar-refractivity contribution is 5.91. The predicted octanol–water partition coefficient (Wildman–Crippen LogP) is 7.23. The second-order valence-electron chi connectivity index (χ2n) is 9.17. The van der Waals surface area contributed by atoms with E-state index in [2.05, 4.69) is 19.2 Å². The summed E-state index contributed by atoms with van der Waals surface area (Å²) in [6.45, 7) is 7.38. The Morgan fingerprint density at radius 2 is 1.64 bits per heavy atom. The zero-order chi connectivity index (χ0) is 23.4. The average molecular weight is 453 g/mol. The molecule has 2 saturated carbocycles. The number of fused-ring (bicyclic) bond motifs is 1. The van der Waals surface area contributed by atoms with E-state index in [1.807, 2.05) is 12.1 Å². The Kier molecular flexibility index (Phi) is 7.26. The third-order valence-electron chi connectivity index (χ3n) is 7.13. The molecule has 0 bridgehead atoms. The molecule has 0 heterocycles.